The molecule has 0 bridgehead atoms. The summed E-state index contributed by atoms with van der Waals surface area (Å²) < 4.78 is 29.8. The van der Waals surface area contributed by atoms with Gasteiger partial charge < -0.3 is 4.57 Å². The van der Waals surface area contributed by atoms with E-state index >= 15 is 0 Å². The highest BCUT2D eigenvalue weighted by atomic mass is 35.5. The van der Waals surface area contributed by atoms with Crippen molar-refractivity contribution in [2.45, 2.75) is 31.3 Å². The van der Waals surface area contributed by atoms with Gasteiger partial charge >= 0.3 is 0 Å². The SMILES string of the molecule is CCn1c([C@@H](C)NS(=O)(=O)c2ccc(Cl)cc2)nc2cc(Cl)c(Cl)cc21. The molecule has 0 aliphatic rings. The van der Waals surface area contributed by atoms with Gasteiger partial charge in [0.05, 0.1) is 32.0 Å². The Labute approximate surface area is 166 Å². The maximum absolute atomic E-state index is 12.6. The van der Waals surface area contributed by atoms with E-state index in [0.717, 1.165) is 5.52 Å². The number of benzene rings is 2. The Morgan fingerprint density at radius 3 is 2.35 bits per heavy atom. The van der Waals surface area contributed by atoms with Gasteiger partial charge in [-0.15, -0.1) is 0 Å². The van der Waals surface area contributed by atoms with Gasteiger partial charge in [-0.2, -0.15) is 0 Å². The molecule has 0 radical (unpaired) electrons. The number of nitrogens with zero attached hydrogens (tertiary/aromatic N) is 2. The van der Waals surface area contributed by atoms with Crippen LogP contribution in [-0.4, -0.2) is 18.0 Å². The third-order valence-electron chi connectivity index (χ3n) is 3.98. The molecule has 26 heavy (non-hydrogen) atoms. The first-order chi connectivity index (χ1) is 12.2. The second-order valence-electron chi connectivity index (χ2n) is 5.77. The van der Waals surface area contributed by atoms with Crippen molar-refractivity contribution < 1.29 is 8.42 Å². The van der Waals surface area contributed by atoms with Crippen LogP contribution in [-0.2, 0) is 16.6 Å². The van der Waals surface area contributed by atoms with Crippen LogP contribution in [0.5, 0.6) is 0 Å². The summed E-state index contributed by atoms with van der Waals surface area (Å²) in [5.74, 6) is 0.582. The number of fused-ring (bicyclic) bond motifs is 1. The maximum Gasteiger partial charge on any atom is 0.241 e. The third kappa shape index (κ3) is 3.70. The van der Waals surface area contributed by atoms with E-state index in [1.54, 1.807) is 19.1 Å². The Morgan fingerprint density at radius 2 is 1.73 bits per heavy atom. The minimum atomic E-state index is -3.72. The molecule has 5 nitrogen and oxygen atoms in total. The molecule has 0 fully saturated rings. The average Bonchev–Trinajstić information content (AvgIpc) is 2.93. The molecule has 3 rings (SSSR count). The Kier molecular flexibility index (Phi) is 5.51. The molecule has 138 valence electrons. The molecular formula is C17H16Cl3N3O2S. The quantitative estimate of drug-likeness (QED) is 0.613. The van der Waals surface area contributed by atoms with E-state index in [1.807, 2.05) is 11.5 Å². The number of nitrogens with one attached hydrogen (secondary N) is 1. The molecular weight excluding hydrogens is 417 g/mol. The summed E-state index contributed by atoms with van der Waals surface area (Å²) in [5.41, 5.74) is 1.46. The van der Waals surface area contributed by atoms with Crippen LogP contribution in [0, 0.1) is 0 Å². The lowest BCUT2D eigenvalue weighted by molar-refractivity contribution is 0.549. The van der Waals surface area contributed by atoms with Crippen LogP contribution in [0.1, 0.15) is 25.7 Å². The minimum Gasteiger partial charge on any atom is -0.327 e. The smallest absolute Gasteiger partial charge is 0.241 e. The number of sulfonamides is 1. The van der Waals surface area contributed by atoms with Crippen molar-refractivity contribution in [1.29, 1.82) is 0 Å². The van der Waals surface area contributed by atoms with Gasteiger partial charge in [-0.25, -0.2) is 18.1 Å². The molecule has 0 aliphatic heterocycles. The van der Waals surface area contributed by atoms with Crippen molar-refractivity contribution in [2.24, 2.45) is 0 Å². The molecule has 1 N–H and O–H groups in total. The van der Waals surface area contributed by atoms with Crippen LogP contribution >= 0.6 is 34.8 Å². The summed E-state index contributed by atoms with van der Waals surface area (Å²) in [6.45, 7) is 4.30. The highest BCUT2D eigenvalue weighted by molar-refractivity contribution is 7.89. The summed E-state index contributed by atoms with van der Waals surface area (Å²) in [6.07, 6.45) is 0. The number of hydrogen-bond donors (Lipinski definition) is 1. The van der Waals surface area contributed by atoms with Crippen LogP contribution in [0.4, 0.5) is 0 Å². The van der Waals surface area contributed by atoms with Gasteiger partial charge in [-0.05, 0) is 50.2 Å². The molecule has 0 aliphatic carbocycles. The van der Waals surface area contributed by atoms with E-state index in [9.17, 15) is 8.42 Å². The van der Waals surface area contributed by atoms with Crippen molar-refractivity contribution in [3.63, 3.8) is 0 Å². The first kappa shape index (κ1) is 19.5. The van der Waals surface area contributed by atoms with Gasteiger partial charge in [0.15, 0.2) is 0 Å². The van der Waals surface area contributed by atoms with Crippen LogP contribution in [0.25, 0.3) is 11.0 Å². The zero-order valence-electron chi connectivity index (χ0n) is 14.0. The highest BCUT2D eigenvalue weighted by Gasteiger charge is 2.23. The van der Waals surface area contributed by atoms with Crippen LogP contribution < -0.4 is 4.72 Å². The molecule has 0 saturated heterocycles. The molecule has 1 heterocycles. The molecule has 0 amide bonds. The Morgan fingerprint density at radius 1 is 1.12 bits per heavy atom. The Hall–Kier alpha value is -1.31. The van der Waals surface area contributed by atoms with E-state index in [4.69, 9.17) is 34.8 Å². The molecule has 1 atom stereocenters. The normalized spacial score (nSPS) is 13.3. The first-order valence-electron chi connectivity index (χ1n) is 7.86. The second-order valence-corrected chi connectivity index (χ2v) is 8.73. The fraction of sp³-hybridized carbons (Fsp3) is 0.235. The number of aromatic nitrogens is 2. The topological polar surface area (TPSA) is 64.0 Å². The number of halogens is 3. The first-order valence-corrected chi connectivity index (χ1v) is 10.5. The molecule has 0 unspecified atom stereocenters. The maximum atomic E-state index is 12.6. The van der Waals surface area contributed by atoms with Crippen molar-refractivity contribution in [3.8, 4) is 0 Å². The lowest BCUT2D eigenvalue weighted by atomic mass is 10.3. The van der Waals surface area contributed by atoms with Gasteiger partial charge in [-0.3, -0.25) is 0 Å². The molecule has 1 aromatic heterocycles. The monoisotopic (exact) mass is 431 g/mol. The van der Waals surface area contributed by atoms with Crippen molar-refractivity contribution >= 4 is 55.9 Å². The number of rotatable bonds is 5. The van der Waals surface area contributed by atoms with Gasteiger partial charge in [0.25, 0.3) is 0 Å². The predicted octanol–water partition coefficient (Wildman–Crippen LogP) is 5.06. The summed E-state index contributed by atoms with van der Waals surface area (Å²) in [4.78, 5) is 4.69. The summed E-state index contributed by atoms with van der Waals surface area (Å²) >= 11 is 18.0. The van der Waals surface area contributed by atoms with E-state index in [1.165, 1.54) is 24.3 Å². The number of aryl methyl sites for hydroxylation is 1. The van der Waals surface area contributed by atoms with Gasteiger partial charge in [0, 0.05) is 11.6 Å². The second kappa shape index (κ2) is 7.37. The average molecular weight is 433 g/mol. The van der Waals surface area contributed by atoms with Crippen LogP contribution in [0.2, 0.25) is 15.1 Å². The van der Waals surface area contributed by atoms with E-state index < -0.39 is 16.1 Å². The summed E-state index contributed by atoms with van der Waals surface area (Å²) in [7, 11) is -3.72. The molecule has 0 spiro atoms. The number of imidazole rings is 1. The zero-order valence-corrected chi connectivity index (χ0v) is 17.1. The standard InChI is InChI=1S/C17H16Cl3N3O2S/c1-3-23-16-9-14(20)13(19)8-15(16)21-17(23)10(2)22-26(24,25)12-6-4-11(18)5-7-12/h4-10,22H,3H2,1-2H3/t10-/m1/s1. The van der Waals surface area contributed by atoms with Crippen molar-refractivity contribution in [1.82, 2.24) is 14.3 Å². The summed E-state index contributed by atoms with van der Waals surface area (Å²) in [5, 5.41) is 1.30. The largest absolute Gasteiger partial charge is 0.327 e. The number of hydrogen-bond acceptors (Lipinski definition) is 3. The Bertz CT molecular complexity index is 1060. The Balaban J connectivity index is 1.99. The van der Waals surface area contributed by atoms with E-state index in [2.05, 4.69) is 9.71 Å². The van der Waals surface area contributed by atoms with Gasteiger partial charge in [0.1, 0.15) is 5.82 Å². The molecule has 2 aromatic carbocycles. The molecule has 3 aromatic rings. The minimum absolute atomic E-state index is 0.138. The van der Waals surface area contributed by atoms with Crippen molar-refractivity contribution in [3.05, 3.63) is 57.3 Å². The van der Waals surface area contributed by atoms with Gasteiger partial charge in [0.2, 0.25) is 10.0 Å². The van der Waals surface area contributed by atoms with E-state index in [0.29, 0.717) is 33.0 Å². The lowest BCUT2D eigenvalue weighted by Crippen LogP contribution is -2.28. The molecule has 9 heteroatoms. The fourth-order valence-corrected chi connectivity index (χ4v) is 4.41. The highest BCUT2D eigenvalue weighted by Crippen LogP contribution is 2.30. The lowest BCUT2D eigenvalue weighted by Gasteiger charge is -2.15. The summed E-state index contributed by atoms with van der Waals surface area (Å²) in [6, 6.07) is 8.84. The third-order valence-corrected chi connectivity index (χ3v) is 6.51. The fourth-order valence-electron chi connectivity index (χ4n) is 2.77. The van der Waals surface area contributed by atoms with Gasteiger partial charge in [-0.1, -0.05) is 34.8 Å². The van der Waals surface area contributed by atoms with Crippen molar-refractivity contribution in [2.75, 3.05) is 0 Å². The van der Waals surface area contributed by atoms with Crippen LogP contribution in [0.15, 0.2) is 41.3 Å². The van der Waals surface area contributed by atoms with Crippen LogP contribution in [0.3, 0.4) is 0 Å². The van der Waals surface area contributed by atoms with E-state index in [-0.39, 0.29) is 4.90 Å². The zero-order chi connectivity index (χ0) is 19.1. The predicted molar refractivity (Wildman–Crippen MR) is 106 cm³/mol. The molecule has 0 saturated carbocycles.